The molecule has 0 spiro atoms. The third-order valence-corrected chi connectivity index (χ3v) is 5.47. The number of alkyl halides is 12. The first kappa shape index (κ1) is 31.4. The number of hydrogen-bond donors (Lipinski definition) is 0. The molecule has 20 heteroatoms. The van der Waals surface area contributed by atoms with Gasteiger partial charge < -0.3 is 0 Å². The highest BCUT2D eigenvalue weighted by atomic mass is 79.9. The molecule has 0 amide bonds. The molecular weight excluding hydrogens is 672 g/mol. The van der Waals surface area contributed by atoms with Crippen LogP contribution in [0.4, 0.5) is 64.1 Å². The maximum atomic E-state index is 12.4. The van der Waals surface area contributed by atoms with Crippen LogP contribution < -0.4 is 0 Å². The lowest BCUT2D eigenvalue weighted by molar-refractivity contribution is -0.385. The van der Waals surface area contributed by atoms with Gasteiger partial charge in [-0.25, -0.2) is 0 Å². The van der Waals surface area contributed by atoms with E-state index in [1.54, 1.807) is 0 Å². The van der Waals surface area contributed by atoms with Crippen molar-refractivity contribution in [2.45, 2.75) is 24.7 Å². The van der Waals surface area contributed by atoms with Crippen LogP contribution in [0, 0.1) is 20.2 Å². The second-order valence-corrected chi connectivity index (χ2v) is 7.80. The van der Waals surface area contributed by atoms with E-state index in [9.17, 15) is 72.9 Å². The lowest BCUT2D eigenvalue weighted by atomic mass is 10.1. The number of non-ortho nitro benzene ring substituents is 2. The van der Waals surface area contributed by atoms with Gasteiger partial charge in [0.25, 0.3) is 11.4 Å². The first-order valence-corrected chi connectivity index (χ1v) is 9.72. The summed E-state index contributed by atoms with van der Waals surface area (Å²) in [5.74, 6) is 0. The minimum atomic E-state index is -5.13. The largest absolute Gasteiger partial charge is 0.417 e. The number of hydrogen-bond acceptors (Lipinski definition) is 4. The summed E-state index contributed by atoms with van der Waals surface area (Å²) >= 11 is 4.35. The van der Waals surface area contributed by atoms with Crippen molar-refractivity contribution < 1.29 is 62.5 Å². The monoisotopic (exact) mass is 674 g/mol. The van der Waals surface area contributed by atoms with E-state index in [1.807, 2.05) is 0 Å². The summed E-state index contributed by atoms with van der Waals surface area (Å²) in [4.78, 5) is 18.0. The van der Waals surface area contributed by atoms with Gasteiger partial charge in [-0.05, 0) is 31.9 Å². The van der Waals surface area contributed by atoms with Gasteiger partial charge in [0.15, 0.2) is 0 Å². The molecule has 0 fully saturated rings. The SMILES string of the molecule is O=[N+]([O-])c1cc(C(F)(F)F)c(Br)c(C(F)(F)F)c1.O=[N+]([O-])c1cc(C(F)(F)F)c(Br)c(C(F)(F)F)c1. The second kappa shape index (κ2) is 10.4. The van der Waals surface area contributed by atoms with Crippen LogP contribution >= 0.6 is 31.9 Å². The van der Waals surface area contributed by atoms with E-state index in [4.69, 9.17) is 0 Å². The Morgan fingerprint density at radius 1 is 0.500 bits per heavy atom. The molecule has 0 radical (unpaired) electrons. The number of halogens is 14. The Morgan fingerprint density at radius 3 is 0.778 bits per heavy atom. The van der Waals surface area contributed by atoms with E-state index >= 15 is 0 Å². The van der Waals surface area contributed by atoms with Crippen LogP contribution in [0.15, 0.2) is 33.2 Å². The Morgan fingerprint density at radius 2 is 0.667 bits per heavy atom. The van der Waals surface area contributed by atoms with E-state index in [1.165, 1.54) is 0 Å². The predicted octanol–water partition coefficient (Wildman–Crippen LogP) is 8.79. The molecule has 0 aliphatic rings. The third kappa shape index (κ3) is 7.68. The molecule has 0 atom stereocenters. The van der Waals surface area contributed by atoms with Gasteiger partial charge in [-0.3, -0.25) is 20.2 Å². The van der Waals surface area contributed by atoms with Crippen LogP contribution in [0.25, 0.3) is 0 Å². The van der Waals surface area contributed by atoms with Crippen LogP contribution in [0.1, 0.15) is 22.3 Å². The number of rotatable bonds is 2. The van der Waals surface area contributed by atoms with Crippen LogP contribution in [-0.2, 0) is 24.7 Å². The highest BCUT2D eigenvalue weighted by Gasteiger charge is 2.43. The van der Waals surface area contributed by atoms with Crippen LogP contribution in [-0.4, -0.2) is 9.85 Å². The van der Waals surface area contributed by atoms with E-state index in [2.05, 4.69) is 31.9 Å². The molecule has 0 saturated carbocycles. The van der Waals surface area contributed by atoms with Crippen LogP contribution in [0.3, 0.4) is 0 Å². The topological polar surface area (TPSA) is 86.3 Å². The molecule has 0 N–H and O–H groups in total. The maximum Gasteiger partial charge on any atom is 0.417 e. The van der Waals surface area contributed by atoms with Crippen molar-refractivity contribution in [1.82, 2.24) is 0 Å². The molecule has 36 heavy (non-hydrogen) atoms. The summed E-state index contributed by atoms with van der Waals surface area (Å²) in [5, 5.41) is 20.7. The van der Waals surface area contributed by atoms with Gasteiger partial charge in [0.05, 0.1) is 32.1 Å². The highest BCUT2D eigenvalue weighted by molar-refractivity contribution is 9.10. The molecule has 200 valence electrons. The third-order valence-electron chi connectivity index (χ3n) is 3.76. The minimum Gasteiger partial charge on any atom is -0.258 e. The predicted molar refractivity (Wildman–Crippen MR) is 102 cm³/mol. The molecule has 0 unspecified atom stereocenters. The van der Waals surface area contributed by atoms with Gasteiger partial charge >= 0.3 is 24.7 Å². The van der Waals surface area contributed by atoms with Crippen LogP contribution in [0.2, 0.25) is 0 Å². The molecular formula is C16H4Br2F12N2O4. The Bertz CT molecular complexity index is 1010. The minimum absolute atomic E-state index is 0.0410. The quantitative estimate of drug-likeness (QED) is 0.181. The van der Waals surface area contributed by atoms with Crippen molar-refractivity contribution in [2.24, 2.45) is 0 Å². The van der Waals surface area contributed by atoms with Gasteiger partial charge in [0.1, 0.15) is 0 Å². The first-order chi connectivity index (χ1) is 15.9. The fraction of sp³-hybridized carbons (Fsp3) is 0.250. The van der Waals surface area contributed by atoms with Crippen molar-refractivity contribution in [2.75, 3.05) is 0 Å². The summed E-state index contributed by atoms with van der Waals surface area (Å²) in [6, 6.07) is 0.164. The average Bonchev–Trinajstić information content (AvgIpc) is 2.64. The molecule has 2 aromatic carbocycles. The zero-order valence-corrected chi connectivity index (χ0v) is 19.3. The standard InChI is InChI=1S/2C8H2BrF6NO2/c2*9-6-4(7(10,11)12)1-3(16(17)18)2-5(6)8(13,14)15/h2*1-2H. The van der Waals surface area contributed by atoms with Gasteiger partial charge in [0.2, 0.25) is 0 Å². The highest BCUT2D eigenvalue weighted by Crippen LogP contribution is 2.45. The zero-order valence-electron chi connectivity index (χ0n) is 16.1. The van der Waals surface area contributed by atoms with E-state index in [-0.39, 0.29) is 24.3 Å². The normalized spacial score (nSPS) is 12.6. The van der Waals surface area contributed by atoms with Gasteiger partial charge in [-0.15, -0.1) is 0 Å². The smallest absolute Gasteiger partial charge is 0.258 e. The Kier molecular flexibility index (Phi) is 9.05. The molecule has 0 aromatic heterocycles. The Balaban J connectivity index is 0.000000360. The summed E-state index contributed by atoms with van der Waals surface area (Å²) in [6.45, 7) is 0. The van der Waals surface area contributed by atoms with Gasteiger partial charge in [0, 0.05) is 33.2 Å². The summed E-state index contributed by atoms with van der Waals surface area (Å²) in [6.07, 6.45) is -20.5. The number of nitro groups is 2. The summed E-state index contributed by atoms with van der Waals surface area (Å²) < 4.78 is 147. The van der Waals surface area contributed by atoms with Crippen molar-refractivity contribution >= 4 is 43.2 Å². The molecule has 2 rings (SSSR count). The number of benzene rings is 2. The Labute approximate surface area is 206 Å². The molecule has 6 nitrogen and oxygen atoms in total. The van der Waals surface area contributed by atoms with Crippen molar-refractivity contribution in [3.05, 3.63) is 75.7 Å². The molecule has 0 aliphatic carbocycles. The second-order valence-electron chi connectivity index (χ2n) is 6.22. The first-order valence-electron chi connectivity index (χ1n) is 8.13. The molecule has 2 aromatic rings. The maximum absolute atomic E-state index is 12.4. The summed E-state index contributed by atoms with van der Waals surface area (Å²) in [5.41, 5.74) is -9.54. The van der Waals surface area contributed by atoms with Crippen molar-refractivity contribution in [3.63, 3.8) is 0 Å². The fourth-order valence-electron chi connectivity index (χ4n) is 2.25. The Hall–Kier alpha value is -2.64. The zero-order chi connectivity index (χ0) is 28.6. The lowest BCUT2D eigenvalue weighted by Gasteiger charge is -2.14. The molecule has 0 aliphatic heterocycles. The van der Waals surface area contributed by atoms with Gasteiger partial charge in [-0.1, -0.05) is 0 Å². The molecule has 0 heterocycles. The number of nitrogens with zero attached hydrogens (tertiary/aromatic N) is 2. The van der Waals surface area contributed by atoms with Crippen LogP contribution in [0.5, 0.6) is 0 Å². The molecule has 0 saturated heterocycles. The molecule has 0 bridgehead atoms. The lowest BCUT2D eigenvalue weighted by Crippen LogP contribution is -2.13. The van der Waals surface area contributed by atoms with E-state index in [0.29, 0.717) is 0 Å². The average molecular weight is 676 g/mol. The number of nitro benzene ring substituents is 2. The van der Waals surface area contributed by atoms with Gasteiger partial charge in [-0.2, -0.15) is 52.7 Å². The fourth-order valence-corrected chi connectivity index (χ4v) is 3.61. The van der Waals surface area contributed by atoms with E-state index in [0.717, 1.165) is 0 Å². The van der Waals surface area contributed by atoms with Crippen molar-refractivity contribution in [1.29, 1.82) is 0 Å². The van der Waals surface area contributed by atoms with E-state index < -0.39 is 77.1 Å². The van der Waals surface area contributed by atoms with Crippen molar-refractivity contribution in [3.8, 4) is 0 Å². The summed E-state index contributed by atoms with van der Waals surface area (Å²) in [7, 11) is 0.